The molecule has 1 aromatic carbocycles. The highest BCUT2D eigenvalue weighted by Gasteiger charge is 2.89. The van der Waals surface area contributed by atoms with Gasteiger partial charge in [-0.15, -0.1) is 0 Å². The van der Waals surface area contributed by atoms with E-state index in [1.807, 2.05) is 18.7 Å². The summed E-state index contributed by atoms with van der Waals surface area (Å²) >= 11 is 0. The van der Waals surface area contributed by atoms with Gasteiger partial charge in [-0.2, -0.15) is 0 Å². The van der Waals surface area contributed by atoms with Crippen molar-refractivity contribution in [2.75, 3.05) is 59.4 Å². The Kier molecular flexibility index (Phi) is 8.34. The van der Waals surface area contributed by atoms with Crippen molar-refractivity contribution in [3.63, 3.8) is 0 Å². The molecule has 1 saturated heterocycles. The molecule has 6 aliphatic rings. The lowest BCUT2D eigenvalue weighted by molar-refractivity contribution is -0.337. The zero-order chi connectivity index (χ0) is 33.5. The van der Waals surface area contributed by atoms with E-state index in [9.17, 15) is 19.8 Å². The van der Waals surface area contributed by atoms with Gasteiger partial charge in [-0.05, 0) is 57.5 Å². The largest absolute Gasteiger partial charge is 0.454 e. The van der Waals surface area contributed by atoms with Crippen molar-refractivity contribution in [2.45, 2.75) is 94.0 Å². The van der Waals surface area contributed by atoms with Crippen molar-refractivity contribution in [1.82, 2.24) is 9.80 Å². The number of aliphatic hydroxyl groups is 2. The molecule has 1 heterocycles. The molecule has 1 aliphatic heterocycles. The molecule has 1 amide bonds. The second kappa shape index (κ2) is 11.7. The summed E-state index contributed by atoms with van der Waals surface area (Å²) in [7, 11) is 5.07. The molecule has 260 valence electrons. The number of anilines is 1. The Balaban J connectivity index is 1.29. The van der Waals surface area contributed by atoms with Crippen LogP contribution in [-0.2, 0) is 23.7 Å². The third-order valence-corrected chi connectivity index (χ3v) is 13.9. The minimum Gasteiger partial charge on any atom is -0.454 e. The fraction of sp³-hybridized carbons (Fsp3) is 0.778. The Bertz CT molecular complexity index is 1390. The summed E-state index contributed by atoms with van der Waals surface area (Å²) in [5, 5.41) is 28.8. The molecule has 12 atom stereocenters. The van der Waals surface area contributed by atoms with Crippen LogP contribution in [-0.4, -0.2) is 127 Å². The number of carbonyl (C=O) groups is 2. The van der Waals surface area contributed by atoms with Crippen molar-refractivity contribution in [1.29, 1.82) is 0 Å². The number of esters is 1. The van der Waals surface area contributed by atoms with Crippen LogP contribution >= 0.6 is 0 Å². The SMILES string of the molecule is CCN(CC)CC(=O)Nc1ccccc1C(=O)O[C@@]12CC[C@H](OC)[C@]34[C@H]([C@H](C[C@H]13)[C@@]1(O)C[C@H](OC)[C@H]3C[C@@H]4[C@]1(O)[C@H]3OC)N(CC)C2. The van der Waals surface area contributed by atoms with Crippen molar-refractivity contribution < 1.29 is 38.7 Å². The Morgan fingerprint density at radius 1 is 1.02 bits per heavy atom. The van der Waals surface area contributed by atoms with Crippen LogP contribution in [0.4, 0.5) is 5.69 Å². The first-order chi connectivity index (χ1) is 22.5. The van der Waals surface area contributed by atoms with Gasteiger partial charge in [-0.25, -0.2) is 4.79 Å². The van der Waals surface area contributed by atoms with Gasteiger partial charge in [-0.1, -0.05) is 32.9 Å². The number of nitrogens with one attached hydrogen (secondary N) is 1. The van der Waals surface area contributed by atoms with Gasteiger partial charge < -0.3 is 34.5 Å². The predicted molar refractivity (Wildman–Crippen MR) is 174 cm³/mol. The van der Waals surface area contributed by atoms with E-state index in [0.717, 1.165) is 13.1 Å². The molecule has 3 N–H and O–H groups in total. The summed E-state index contributed by atoms with van der Waals surface area (Å²) in [4.78, 5) is 31.8. The smallest absolute Gasteiger partial charge is 0.340 e. The molecule has 11 nitrogen and oxygen atoms in total. The molecule has 1 aromatic rings. The number of rotatable bonds is 11. The molecular formula is C36H53N3O8. The Labute approximate surface area is 278 Å². The van der Waals surface area contributed by atoms with Gasteiger partial charge in [0, 0.05) is 69.4 Å². The van der Waals surface area contributed by atoms with Crippen molar-refractivity contribution in [3.8, 4) is 0 Å². The van der Waals surface area contributed by atoms with Gasteiger partial charge in [0.25, 0.3) is 0 Å². The number of nitrogens with zero attached hydrogens (tertiary/aromatic N) is 2. The maximum Gasteiger partial charge on any atom is 0.340 e. The topological polar surface area (TPSA) is 130 Å². The number of likely N-dealkylation sites (tertiary alicyclic amines) is 1. The Hall–Kier alpha value is -2.12. The van der Waals surface area contributed by atoms with Gasteiger partial charge in [0.2, 0.25) is 5.91 Å². The van der Waals surface area contributed by atoms with Crippen LogP contribution in [0, 0.1) is 29.1 Å². The van der Waals surface area contributed by atoms with E-state index >= 15 is 0 Å². The lowest BCUT2D eigenvalue weighted by Crippen LogP contribution is -2.83. The fourth-order valence-corrected chi connectivity index (χ4v) is 12.3. The first kappa shape index (κ1) is 33.4. The van der Waals surface area contributed by atoms with E-state index < -0.39 is 34.3 Å². The highest BCUT2D eigenvalue weighted by molar-refractivity contribution is 6.02. The zero-order valence-corrected chi connectivity index (χ0v) is 28.7. The number of benzene rings is 1. The molecule has 0 aromatic heterocycles. The van der Waals surface area contributed by atoms with E-state index in [2.05, 4.69) is 17.1 Å². The zero-order valence-electron chi connectivity index (χ0n) is 28.7. The summed E-state index contributed by atoms with van der Waals surface area (Å²) in [6.45, 7) is 9.13. The van der Waals surface area contributed by atoms with Crippen LogP contribution in [0.2, 0.25) is 0 Å². The summed E-state index contributed by atoms with van der Waals surface area (Å²) in [6, 6.07) is 7.00. The predicted octanol–water partition coefficient (Wildman–Crippen LogP) is 2.54. The average Bonchev–Trinajstić information content (AvgIpc) is 3.50. The van der Waals surface area contributed by atoms with Gasteiger partial charge in [0.15, 0.2) is 0 Å². The molecule has 6 fully saturated rings. The van der Waals surface area contributed by atoms with Gasteiger partial charge in [0.1, 0.15) is 16.8 Å². The molecular weight excluding hydrogens is 602 g/mol. The quantitative estimate of drug-likeness (QED) is 0.306. The Morgan fingerprint density at radius 3 is 2.43 bits per heavy atom. The molecule has 47 heavy (non-hydrogen) atoms. The molecule has 5 saturated carbocycles. The first-order valence-electron chi connectivity index (χ1n) is 17.7. The van der Waals surface area contributed by atoms with Gasteiger partial charge >= 0.3 is 5.97 Å². The fourth-order valence-electron chi connectivity index (χ4n) is 12.3. The van der Waals surface area contributed by atoms with E-state index in [0.29, 0.717) is 56.4 Å². The van der Waals surface area contributed by atoms with Crippen molar-refractivity contribution in [2.24, 2.45) is 29.1 Å². The van der Waals surface area contributed by atoms with E-state index in [1.165, 1.54) is 0 Å². The van der Waals surface area contributed by atoms with Crippen molar-refractivity contribution >= 4 is 17.6 Å². The summed E-state index contributed by atoms with van der Waals surface area (Å²) in [6.07, 6.45) is 1.86. The Morgan fingerprint density at radius 2 is 1.77 bits per heavy atom. The van der Waals surface area contributed by atoms with Crippen LogP contribution in [0.3, 0.4) is 0 Å². The number of hydrogen-bond donors (Lipinski definition) is 3. The maximum atomic E-state index is 14.3. The van der Waals surface area contributed by atoms with E-state index in [4.69, 9.17) is 18.9 Å². The third-order valence-electron chi connectivity index (χ3n) is 13.9. The second-order valence-corrected chi connectivity index (χ2v) is 15.0. The monoisotopic (exact) mass is 655 g/mol. The molecule has 0 radical (unpaired) electrons. The number of piperidine rings is 1. The maximum absolute atomic E-state index is 14.3. The highest BCUT2D eigenvalue weighted by Crippen LogP contribution is 2.79. The lowest BCUT2D eigenvalue weighted by Gasteiger charge is -2.70. The van der Waals surface area contributed by atoms with E-state index in [-0.39, 0.29) is 54.4 Å². The third kappa shape index (κ3) is 4.23. The summed E-state index contributed by atoms with van der Waals surface area (Å²) in [5.74, 6) is -1.49. The van der Waals surface area contributed by atoms with Gasteiger partial charge in [-0.3, -0.25) is 14.6 Å². The normalized spacial score (nSPS) is 44.4. The molecule has 0 unspecified atom stereocenters. The molecule has 5 aliphatic carbocycles. The van der Waals surface area contributed by atoms with E-state index in [1.54, 1.807) is 45.6 Å². The van der Waals surface area contributed by atoms with Crippen molar-refractivity contribution in [3.05, 3.63) is 29.8 Å². The molecule has 7 bridgehead atoms. The van der Waals surface area contributed by atoms with Gasteiger partial charge in [0.05, 0.1) is 36.1 Å². The van der Waals surface area contributed by atoms with Crippen LogP contribution in [0.15, 0.2) is 24.3 Å². The summed E-state index contributed by atoms with van der Waals surface area (Å²) < 4.78 is 25.3. The number of amides is 1. The van der Waals surface area contributed by atoms with Crippen LogP contribution in [0.1, 0.15) is 63.2 Å². The average molecular weight is 656 g/mol. The number of ether oxygens (including phenoxy) is 4. The van der Waals surface area contributed by atoms with Crippen LogP contribution < -0.4 is 5.32 Å². The second-order valence-electron chi connectivity index (χ2n) is 15.0. The molecule has 11 heteroatoms. The molecule has 7 rings (SSSR count). The highest BCUT2D eigenvalue weighted by atomic mass is 16.6. The van der Waals surface area contributed by atoms with Crippen LogP contribution in [0.25, 0.3) is 0 Å². The minimum absolute atomic E-state index is 0.0524. The van der Waals surface area contributed by atoms with Crippen LogP contribution in [0.5, 0.6) is 0 Å². The number of carbonyl (C=O) groups excluding carboxylic acids is 2. The summed E-state index contributed by atoms with van der Waals surface area (Å²) in [5.41, 5.74) is -3.60. The number of fused-ring (bicyclic) bond motifs is 2. The lowest BCUT2D eigenvalue weighted by atomic mass is 9.44. The molecule has 1 spiro atoms. The standard InChI is InChI=1S/C36H53N3O8/c1-7-38(8-2)19-29(40)37-24-13-11-10-12-21(24)32(41)47-33-15-14-28(45-5)35-26(33)17-23(30(35)39(9-3)20-33)34(42)18-25(44-4)22-16-27(35)36(34,43)31(22)46-6/h10-13,22-23,25-28,30-31,42-43H,7-9,14-20H2,1-6H3,(H,37,40)/t22-,23+,25+,26-,27+,28+,30+,31+,33-,34+,35+,36+/m1/s1. The first-order valence-corrected chi connectivity index (χ1v) is 17.7. The number of hydrogen-bond acceptors (Lipinski definition) is 10. The number of likely N-dealkylation sites (N-methyl/N-ethyl adjacent to an activating group) is 2. The number of para-hydroxylation sites is 1. The number of methoxy groups -OCH3 is 3. The minimum atomic E-state index is -1.49.